The van der Waals surface area contributed by atoms with Crippen molar-refractivity contribution in [1.82, 2.24) is 10.2 Å². The molecule has 0 bridgehead atoms. The molecule has 1 atom stereocenters. The van der Waals surface area contributed by atoms with Gasteiger partial charge in [0.2, 0.25) is 5.75 Å². The molecule has 2 aromatic carbocycles. The largest absolute Gasteiger partial charge is 0.493 e. The van der Waals surface area contributed by atoms with E-state index in [1.54, 1.807) is 24.3 Å². The predicted molar refractivity (Wildman–Crippen MR) is 110 cm³/mol. The van der Waals surface area contributed by atoms with Gasteiger partial charge in [-0.2, -0.15) is 0 Å². The van der Waals surface area contributed by atoms with E-state index >= 15 is 0 Å². The molecule has 0 aromatic heterocycles. The van der Waals surface area contributed by atoms with Crippen LogP contribution in [0.25, 0.3) is 0 Å². The average molecular weight is 418 g/mol. The number of methoxy groups -OCH3 is 3. The lowest BCUT2D eigenvalue weighted by atomic mass is 10.0. The molecular formula is C22H27FN2O5. The minimum Gasteiger partial charge on any atom is -0.493 e. The van der Waals surface area contributed by atoms with E-state index in [1.165, 1.54) is 33.5 Å². The van der Waals surface area contributed by atoms with Crippen molar-refractivity contribution >= 4 is 5.91 Å². The Bertz CT molecular complexity index is 828. The number of halogens is 1. The third kappa shape index (κ3) is 5.01. The fourth-order valence-electron chi connectivity index (χ4n) is 3.54. The molecule has 30 heavy (non-hydrogen) atoms. The second-order valence-electron chi connectivity index (χ2n) is 6.84. The van der Waals surface area contributed by atoms with E-state index in [1.807, 2.05) is 0 Å². The summed E-state index contributed by atoms with van der Waals surface area (Å²) in [5.41, 5.74) is 1.33. The highest BCUT2D eigenvalue weighted by atomic mass is 19.1. The number of amides is 1. The molecule has 162 valence electrons. The molecular weight excluding hydrogens is 391 g/mol. The zero-order valence-corrected chi connectivity index (χ0v) is 17.4. The van der Waals surface area contributed by atoms with E-state index < -0.39 is 0 Å². The molecule has 7 nitrogen and oxygen atoms in total. The Balaban J connectivity index is 1.79. The standard InChI is InChI=1S/C22H27FN2O5/c1-27-19-12-16(13-20(28-2)21(19)29-3)22(26)24-14-18(25-8-10-30-11-9-25)15-4-6-17(23)7-5-15/h4-7,12-13,18H,8-11,14H2,1-3H3,(H,24,26)/t18-/m1/s1. The monoisotopic (exact) mass is 418 g/mol. The maximum atomic E-state index is 13.4. The van der Waals surface area contributed by atoms with Crippen molar-refractivity contribution in [1.29, 1.82) is 0 Å². The second-order valence-corrected chi connectivity index (χ2v) is 6.84. The first kappa shape index (κ1) is 21.9. The maximum Gasteiger partial charge on any atom is 0.251 e. The lowest BCUT2D eigenvalue weighted by Gasteiger charge is -2.35. The van der Waals surface area contributed by atoms with Gasteiger partial charge < -0.3 is 24.3 Å². The van der Waals surface area contributed by atoms with Crippen LogP contribution in [0.3, 0.4) is 0 Å². The zero-order valence-electron chi connectivity index (χ0n) is 17.4. The highest BCUT2D eigenvalue weighted by molar-refractivity contribution is 5.95. The normalized spacial score (nSPS) is 15.3. The third-order valence-electron chi connectivity index (χ3n) is 5.12. The van der Waals surface area contributed by atoms with Crippen molar-refractivity contribution in [3.8, 4) is 17.2 Å². The summed E-state index contributed by atoms with van der Waals surface area (Å²) >= 11 is 0. The first-order valence-corrected chi connectivity index (χ1v) is 9.72. The Labute approximate surface area is 175 Å². The van der Waals surface area contributed by atoms with Gasteiger partial charge in [0.15, 0.2) is 11.5 Å². The quantitative estimate of drug-likeness (QED) is 0.711. The molecule has 0 unspecified atom stereocenters. The van der Waals surface area contributed by atoms with Crippen molar-refractivity contribution in [2.75, 3.05) is 54.2 Å². The fourth-order valence-corrected chi connectivity index (χ4v) is 3.54. The van der Waals surface area contributed by atoms with Gasteiger partial charge in [-0.3, -0.25) is 9.69 Å². The number of rotatable bonds is 8. The number of hydrogen-bond acceptors (Lipinski definition) is 6. The molecule has 1 fully saturated rings. The summed E-state index contributed by atoms with van der Waals surface area (Å²) in [5.74, 6) is 0.681. The van der Waals surface area contributed by atoms with Crippen molar-refractivity contribution in [3.63, 3.8) is 0 Å². The Morgan fingerprint density at radius 2 is 1.67 bits per heavy atom. The van der Waals surface area contributed by atoms with Crippen LogP contribution < -0.4 is 19.5 Å². The van der Waals surface area contributed by atoms with Gasteiger partial charge in [-0.1, -0.05) is 12.1 Å². The van der Waals surface area contributed by atoms with Gasteiger partial charge in [0, 0.05) is 25.2 Å². The molecule has 0 aliphatic carbocycles. The smallest absolute Gasteiger partial charge is 0.251 e. The first-order chi connectivity index (χ1) is 14.6. The number of morpholine rings is 1. The molecule has 8 heteroatoms. The van der Waals surface area contributed by atoms with E-state index in [0.717, 1.165) is 18.7 Å². The molecule has 1 aliphatic heterocycles. The Kier molecular flexibility index (Phi) is 7.48. The van der Waals surface area contributed by atoms with Gasteiger partial charge >= 0.3 is 0 Å². The van der Waals surface area contributed by atoms with Crippen LogP contribution in [0.4, 0.5) is 4.39 Å². The van der Waals surface area contributed by atoms with Gasteiger partial charge in [-0.05, 0) is 29.8 Å². The van der Waals surface area contributed by atoms with Crippen molar-refractivity contribution in [3.05, 3.63) is 53.3 Å². The average Bonchev–Trinajstić information content (AvgIpc) is 2.79. The van der Waals surface area contributed by atoms with Gasteiger partial charge in [-0.15, -0.1) is 0 Å². The summed E-state index contributed by atoms with van der Waals surface area (Å²) < 4.78 is 34.8. The zero-order chi connectivity index (χ0) is 21.5. The first-order valence-electron chi connectivity index (χ1n) is 9.72. The van der Waals surface area contributed by atoms with E-state index in [4.69, 9.17) is 18.9 Å². The number of nitrogens with zero attached hydrogens (tertiary/aromatic N) is 1. The summed E-state index contributed by atoms with van der Waals surface area (Å²) in [4.78, 5) is 15.1. The van der Waals surface area contributed by atoms with Gasteiger partial charge in [0.25, 0.3) is 5.91 Å². The highest BCUT2D eigenvalue weighted by Crippen LogP contribution is 2.38. The molecule has 1 heterocycles. The molecule has 3 rings (SSSR count). The number of hydrogen-bond donors (Lipinski definition) is 1. The second kappa shape index (κ2) is 10.3. The molecule has 1 aliphatic rings. The van der Waals surface area contributed by atoms with Gasteiger partial charge in [0.05, 0.1) is 40.6 Å². The molecule has 1 N–H and O–H groups in total. The number of carbonyl (C=O) groups is 1. The Hall–Kier alpha value is -2.84. The van der Waals surface area contributed by atoms with Crippen LogP contribution in [0, 0.1) is 5.82 Å². The number of carbonyl (C=O) groups excluding carboxylic acids is 1. The number of nitrogens with one attached hydrogen (secondary N) is 1. The van der Waals surface area contributed by atoms with Crippen LogP contribution in [0.1, 0.15) is 22.0 Å². The van der Waals surface area contributed by atoms with Crippen LogP contribution in [-0.4, -0.2) is 65.0 Å². The third-order valence-corrected chi connectivity index (χ3v) is 5.12. The summed E-state index contributed by atoms with van der Waals surface area (Å²) in [7, 11) is 4.51. The van der Waals surface area contributed by atoms with Gasteiger partial charge in [-0.25, -0.2) is 4.39 Å². The Morgan fingerprint density at radius 3 is 2.20 bits per heavy atom. The maximum absolute atomic E-state index is 13.4. The topological polar surface area (TPSA) is 69.3 Å². The summed E-state index contributed by atoms with van der Waals surface area (Å²) in [6, 6.07) is 9.49. The molecule has 1 saturated heterocycles. The van der Waals surface area contributed by atoms with E-state index in [-0.39, 0.29) is 17.8 Å². The lowest BCUT2D eigenvalue weighted by Crippen LogP contribution is -2.43. The van der Waals surface area contributed by atoms with Crippen molar-refractivity contribution in [2.45, 2.75) is 6.04 Å². The number of benzene rings is 2. The van der Waals surface area contributed by atoms with Crippen LogP contribution in [-0.2, 0) is 4.74 Å². The summed E-state index contributed by atoms with van der Waals surface area (Å²) in [6.07, 6.45) is 0. The van der Waals surface area contributed by atoms with E-state index in [2.05, 4.69) is 10.2 Å². The molecule has 0 spiro atoms. The lowest BCUT2D eigenvalue weighted by molar-refractivity contribution is 0.0162. The van der Waals surface area contributed by atoms with Crippen LogP contribution in [0.2, 0.25) is 0 Å². The highest BCUT2D eigenvalue weighted by Gasteiger charge is 2.24. The van der Waals surface area contributed by atoms with Crippen molar-refractivity contribution in [2.24, 2.45) is 0 Å². The van der Waals surface area contributed by atoms with Crippen molar-refractivity contribution < 1.29 is 28.1 Å². The molecule has 0 saturated carbocycles. The van der Waals surface area contributed by atoms with Gasteiger partial charge in [0.1, 0.15) is 5.82 Å². The van der Waals surface area contributed by atoms with E-state index in [0.29, 0.717) is 42.6 Å². The molecule has 0 radical (unpaired) electrons. The van der Waals surface area contributed by atoms with E-state index in [9.17, 15) is 9.18 Å². The Morgan fingerprint density at radius 1 is 1.07 bits per heavy atom. The SMILES string of the molecule is COc1cc(C(=O)NC[C@H](c2ccc(F)cc2)N2CCOCC2)cc(OC)c1OC. The minimum atomic E-state index is -0.291. The molecule has 2 aromatic rings. The van der Waals surface area contributed by atoms with Crippen LogP contribution in [0.15, 0.2) is 36.4 Å². The van der Waals surface area contributed by atoms with Crippen LogP contribution >= 0.6 is 0 Å². The minimum absolute atomic E-state index is 0.0968. The molecule has 1 amide bonds. The van der Waals surface area contributed by atoms with Crippen LogP contribution in [0.5, 0.6) is 17.2 Å². The number of ether oxygens (including phenoxy) is 4. The fraction of sp³-hybridized carbons (Fsp3) is 0.409. The summed E-state index contributed by atoms with van der Waals surface area (Å²) in [6.45, 7) is 3.09. The summed E-state index contributed by atoms with van der Waals surface area (Å²) in [5, 5.41) is 2.98. The predicted octanol–water partition coefficient (Wildman–Crippen LogP) is 2.65.